The fraction of sp³-hybridized carbons (Fsp3) is 0.667. The molecular weight excluding hydrogens is 194 g/mol. The molecule has 1 aliphatic rings. The highest BCUT2D eigenvalue weighted by atomic mass is 16.2. The monoisotopic (exact) mass is 209 g/mol. The number of nitrogens with zero attached hydrogens (tertiary/aromatic N) is 4. The van der Waals surface area contributed by atoms with Crippen LogP contribution in [-0.4, -0.2) is 45.2 Å². The third-order valence-corrected chi connectivity index (χ3v) is 2.51. The summed E-state index contributed by atoms with van der Waals surface area (Å²) in [6.07, 6.45) is 1.53. The van der Waals surface area contributed by atoms with Crippen molar-refractivity contribution in [3.05, 3.63) is 12.2 Å². The normalized spacial score (nSPS) is 17.1. The number of amides is 1. The Bertz CT molecular complexity index is 348. The van der Waals surface area contributed by atoms with E-state index in [2.05, 4.69) is 15.4 Å². The number of carbonyl (C=O) groups is 1. The molecule has 0 saturated carbocycles. The number of rotatable bonds is 3. The Labute approximate surface area is 88.3 Å². The molecule has 0 aromatic carbocycles. The van der Waals surface area contributed by atoms with Gasteiger partial charge in [-0.05, 0) is 6.92 Å². The molecular formula is C9H15N5O. The Hall–Kier alpha value is -1.43. The second-order valence-corrected chi connectivity index (χ2v) is 3.48. The van der Waals surface area contributed by atoms with Gasteiger partial charge in [0, 0.05) is 19.6 Å². The maximum atomic E-state index is 11.5. The van der Waals surface area contributed by atoms with Crippen molar-refractivity contribution < 1.29 is 4.79 Å². The molecule has 1 aliphatic heterocycles. The van der Waals surface area contributed by atoms with Crippen LogP contribution in [0.3, 0.4) is 0 Å². The van der Waals surface area contributed by atoms with Crippen molar-refractivity contribution >= 4 is 5.91 Å². The number of aromatic nitrogens is 3. The minimum Gasteiger partial charge on any atom is -0.333 e. The van der Waals surface area contributed by atoms with Crippen molar-refractivity contribution in [1.82, 2.24) is 25.0 Å². The molecule has 1 fully saturated rings. The van der Waals surface area contributed by atoms with Gasteiger partial charge in [-0.2, -0.15) is 5.10 Å². The van der Waals surface area contributed by atoms with Gasteiger partial charge in [0.05, 0.1) is 13.1 Å². The van der Waals surface area contributed by atoms with Gasteiger partial charge in [-0.1, -0.05) is 0 Å². The zero-order chi connectivity index (χ0) is 10.7. The quantitative estimate of drug-likeness (QED) is 0.710. The molecule has 2 heterocycles. The van der Waals surface area contributed by atoms with Crippen LogP contribution >= 0.6 is 0 Å². The van der Waals surface area contributed by atoms with Gasteiger partial charge < -0.3 is 10.2 Å². The van der Waals surface area contributed by atoms with E-state index in [1.807, 2.05) is 16.5 Å². The average Bonchev–Trinajstić information content (AvgIpc) is 2.69. The van der Waals surface area contributed by atoms with E-state index in [0.717, 1.165) is 25.5 Å². The van der Waals surface area contributed by atoms with Crippen molar-refractivity contribution in [2.24, 2.45) is 0 Å². The van der Waals surface area contributed by atoms with E-state index in [9.17, 15) is 4.79 Å². The minimum absolute atomic E-state index is 0.131. The van der Waals surface area contributed by atoms with Crippen molar-refractivity contribution in [3.8, 4) is 0 Å². The molecule has 1 aromatic heterocycles. The summed E-state index contributed by atoms with van der Waals surface area (Å²) in [5.74, 6) is 0.986. The van der Waals surface area contributed by atoms with Crippen molar-refractivity contribution in [2.75, 3.05) is 19.6 Å². The van der Waals surface area contributed by atoms with Crippen LogP contribution in [0, 0.1) is 0 Å². The number of aryl methyl sites for hydroxylation is 1. The van der Waals surface area contributed by atoms with E-state index in [4.69, 9.17) is 0 Å². The van der Waals surface area contributed by atoms with Crippen LogP contribution in [0.4, 0.5) is 0 Å². The molecule has 0 spiro atoms. The molecule has 0 atom stereocenters. The third-order valence-electron chi connectivity index (χ3n) is 2.51. The van der Waals surface area contributed by atoms with Gasteiger partial charge in [-0.3, -0.25) is 4.79 Å². The predicted octanol–water partition coefficient (Wildman–Crippen LogP) is -0.770. The molecule has 6 heteroatoms. The van der Waals surface area contributed by atoms with Crippen molar-refractivity contribution in [2.45, 2.75) is 20.0 Å². The Kier molecular flexibility index (Phi) is 2.96. The molecule has 0 unspecified atom stereocenters. The van der Waals surface area contributed by atoms with Crippen LogP contribution in [0.5, 0.6) is 0 Å². The van der Waals surface area contributed by atoms with Gasteiger partial charge >= 0.3 is 0 Å². The molecule has 0 radical (unpaired) electrons. The Balaban J connectivity index is 2.04. The first-order chi connectivity index (χ1) is 7.31. The number of hydrogen-bond acceptors (Lipinski definition) is 4. The highest BCUT2D eigenvalue weighted by Gasteiger charge is 2.19. The van der Waals surface area contributed by atoms with Gasteiger partial charge in [0.25, 0.3) is 0 Å². The van der Waals surface area contributed by atoms with Gasteiger partial charge in [0.2, 0.25) is 5.91 Å². The highest BCUT2D eigenvalue weighted by Crippen LogP contribution is 2.03. The lowest BCUT2D eigenvalue weighted by Gasteiger charge is -2.26. The van der Waals surface area contributed by atoms with Gasteiger partial charge in [0.1, 0.15) is 12.2 Å². The summed E-state index contributed by atoms with van der Waals surface area (Å²) < 4.78 is 1.81. The second-order valence-electron chi connectivity index (χ2n) is 3.48. The first-order valence-electron chi connectivity index (χ1n) is 5.16. The molecule has 82 valence electrons. The first-order valence-corrected chi connectivity index (χ1v) is 5.16. The Morgan fingerprint density at radius 1 is 1.60 bits per heavy atom. The lowest BCUT2D eigenvalue weighted by molar-refractivity contribution is -0.132. The zero-order valence-electron chi connectivity index (χ0n) is 8.81. The average molecular weight is 209 g/mol. The van der Waals surface area contributed by atoms with Crippen LogP contribution < -0.4 is 5.32 Å². The van der Waals surface area contributed by atoms with E-state index >= 15 is 0 Å². The molecule has 1 saturated heterocycles. The number of carbonyl (C=O) groups excluding carboxylic acids is 1. The largest absolute Gasteiger partial charge is 0.333 e. The summed E-state index contributed by atoms with van der Waals surface area (Å²) in [4.78, 5) is 17.5. The SMILES string of the molecule is CCn1ncnc1CN1CCNCC1=O. The van der Waals surface area contributed by atoms with Crippen LogP contribution in [0.25, 0.3) is 0 Å². The van der Waals surface area contributed by atoms with Gasteiger partial charge in [-0.15, -0.1) is 0 Å². The van der Waals surface area contributed by atoms with Crippen LogP contribution in [-0.2, 0) is 17.9 Å². The fourth-order valence-corrected chi connectivity index (χ4v) is 1.66. The minimum atomic E-state index is 0.131. The zero-order valence-corrected chi connectivity index (χ0v) is 8.81. The smallest absolute Gasteiger partial charge is 0.236 e. The van der Waals surface area contributed by atoms with E-state index in [1.165, 1.54) is 6.33 Å². The van der Waals surface area contributed by atoms with Crippen LogP contribution in [0.15, 0.2) is 6.33 Å². The number of hydrogen-bond donors (Lipinski definition) is 1. The number of piperazine rings is 1. The molecule has 1 amide bonds. The Morgan fingerprint density at radius 2 is 2.47 bits per heavy atom. The van der Waals surface area contributed by atoms with Gasteiger partial charge in [0.15, 0.2) is 0 Å². The first kappa shape index (κ1) is 10.1. The maximum Gasteiger partial charge on any atom is 0.236 e. The summed E-state index contributed by atoms with van der Waals surface area (Å²) in [6, 6.07) is 0. The number of nitrogens with one attached hydrogen (secondary N) is 1. The second kappa shape index (κ2) is 4.39. The van der Waals surface area contributed by atoms with Crippen LogP contribution in [0.1, 0.15) is 12.7 Å². The topological polar surface area (TPSA) is 63.1 Å². The standard InChI is InChI=1S/C9H15N5O/c1-2-14-8(11-7-12-14)6-13-4-3-10-5-9(13)15/h7,10H,2-6H2,1H3. The molecule has 2 rings (SSSR count). The van der Waals surface area contributed by atoms with E-state index in [1.54, 1.807) is 0 Å². The molecule has 0 aliphatic carbocycles. The summed E-state index contributed by atoms with van der Waals surface area (Å²) in [5, 5.41) is 7.12. The summed E-state index contributed by atoms with van der Waals surface area (Å²) >= 11 is 0. The van der Waals surface area contributed by atoms with E-state index < -0.39 is 0 Å². The summed E-state index contributed by atoms with van der Waals surface area (Å²) in [5.41, 5.74) is 0. The predicted molar refractivity (Wildman–Crippen MR) is 54.0 cm³/mol. The maximum absolute atomic E-state index is 11.5. The van der Waals surface area contributed by atoms with E-state index in [-0.39, 0.29) is 5.91 Å². The van der Waals surface area contributed by atoms with Crippen molar-refractivity contribution in [3.63, 3.8) is 0 Å². The summed E-state index contributed by atoms with van der Waals surface area (Å²) in [7, 11) is 0. The molecule has 1 N–H and O–H groups in total. The molecule has 15 heavy (non-hydrogen) atoms. The molecule has 1 aromatic rings. The fourth-order valence-electron chi connectivity index (χ4n) is 1.66. The van der Waals surface area contributed by atoms with Gasteiger partial charge in [-0.25, -0.2) is 9.67 Å². The lowest BCUT2D eigenvalue weighted by Crippen LogP contribution is -2.47. The lowest BCUT2D eigenvalue weighted by atomic mass is 10.3. The van der Waals surface area contributed by atoms with E-state index in [0.29, 0.717) is 13.1 Å². The highest BCUT2D eigenvalue weighted by molar-refractivity contribution is 5.78. The molecule has 6 nitrogen and oxygen atoms in total. The van der Waals surface area contributed by atoms with Crippen molar-refractivity contribution in [1.29, 1.82) is 0 Å². The third kappa shape index (κ3) is 2.15. The van der Waals surface area contributed by atoms with Crippen LogP contribution in [0.2, 0.25) is 0 Å². The Morgan fingerprint density at radius 3 is 3.20 bits per heavy atom. The summed E-state index contributed by atoms with van der Waals surface area (Å²) in [6.45, 7) is 5.39. The molecule has 0 bridgehead atoms.